The van der Waals surface area contributed by atoms with Crippen molar-refractivity contribution in [3.05, 3.63) is 6.92 Å². The molecule has 1 unspecified atom stereocenters. The van der Waals surface area contributed by atoms with Crippen LogP contribution in [0.1, 0.15) is 20.3 Å². The summed E-state index contributed by atoms with van der Waals surface area (Å²) in [6.07, 6.45) is 0.775. The van der Waals surface area contributed by atoms with Gasteiger partial charge in [-0.05, 0) is 13.3 Å². The Labute approximate surface area is 57.2 Å². The molecule has 0 spiro atoms. The fourth-order valence-corrected chi connectivity index (χ4v) is 0.568. The normalized spacial score (nSPS) is 17.3. The molecule has 0 saturated heterocycles. The summed E-state index contributed by atoms with van der Waals surface area (Å²) in [5.41, 5.74) is 0. The minimum Gasteiger partial charge on any atom is -0.353 e. The van der Waals surface area contributed by atoms with Crippen LogP contribution in [-0.4, -0.2) is 19.5 Å². The number of rotatable bonds is 4. The zero-order valence-corrected chi connectivity index (χ0v) is 6.44. The highest BCUT2D eigenvalue weighted by Crippen LogP contribution is 2.13. The first kappa shape index (κ1) is 8.92. The lowest BCUT2D eigenvalue weighted by molar-refractivity contribution is -0.188. The van der Waals surface area contributed by atoms with Crippen LogP contribution in [0.4, 0.5) is 0 Å². The summed E-state index contributed by atoms with van der Waals surface area (Å²) in [4.78, 5) is 0. The van der Waals surface area contributed by atoms with Gasteiger partial charge >= 0.3 is 0 Å². The highest BCUT2D eigenvalue weighted by Gasteiger charge is 2.19. The molecule has 0 N–H and O–H groups in total. The van der Waals surface area contributed by atoms with Gasteiger partial charge in [0.25, 0.3) is 0 Å². The van der Waals surface area contributed by atoms with Crippen LogP contribution in [0.5, 0.6) is 0 Å². The number of hydrogen-bond donors (Lipinski definition) is 0. The zero-order chi connectivity index (χ0) is 7.33. The summed E-state index contributed by atoms with van der Waals surface area (Å²) in [6, 6.07) is 0. The maximum atomic E-state index is 5.19. The molecule has 0 aliphatic carbocycles. The molecule has 2 nitrogen and oxygen atoms in total. The van der Waals surface area contributed by atoms with E-state index >= 15 is 0 Å². The van der Waals surface area contributed by atoms with Crippen molar-refractivity contribution in [3.63, 3.8) is 0 Å². The second kappa shape index (κ2) is 3.85. The van der Waals surface area contributed by atoms with E-state index in [9.17, 15) is 0 Å². The van der Waals surface area contributed by atoms with E-state index in [-0.39, 0.29) is 0 Å². The van der Waals surface area contributed by atoms with E-state index in [1.807, 2.05) is 13.8 Å². The predicted octanol–water partition coefficient (Wildman–Crippen LogP) is 1.61. The van der Waals surface area contributed by atoms with Gasteiger partial charge in [0.2, 0.25) is 0 Å². The monoisotopic (exact) mass is 131 g/mol. The zero-order valence-electron chi connectivity index (χ0n) is 6.44. The van der Waals surface area contributed by atoms with E-state index in [1.165, 1.54) is 0 Å². The predicted molar refractivity (Wildman–Crippen MR) is 37.0 cm³/mol. The van der Waals surface area contributed by atoms with E-state index in [0.29, 0.717) is 6.61 Å². The Balaban J connectivity index is 3.62. The van der Waals surface area contributed by atoms with Crippen LogP contribution in [0.15, 0.2) is 0 Å². The molecule has 0 fully saturated rings. The molecule has 2 heteroatoms. The molecule has 0 aromatic heterocycles. The summed E-state index contributed by atoms with van der Waals surface area (Å²) in [6.45, 7) is 8.30. The second-order valence-electron chi connectivity index (χ2n) is 1.90. The van der Waals surface area contributed by atoms with Crippen molar-refractivity contribution in [1.29, 1.82) is 0 Å². The van der Waals surface area contributed by atoms with Crippen molar-refractivity contribution in [2.75, 3.05) is 13.7 Å². The summed E-state index contributed by atoms with van der Waals surface area (Å²) >= 11 is 0. The van der Waals surface area contributed by atoms with Gasteiger partial charge in [-0.3, -0.25) is 0 Å². The van der Waals surface area contributed by atoms with Crippen LogP contribution >= 0.6 is 0 Å². The Bertz CT molecular complexity index is 67.3. The lowest BCUT2D eigenvalue weighted by atomic mass is 10.2. The van der Waals surface area contributed by atoms with Gasteiger partial charge in [-0.15, -0.1) is 0 Å². The molecule has 1 atom stereocenters. The third-order valence-electron chi connectivity index (χ3n) is 1.32. The molecular formula is C7H15O2. The van der Waals surface area contributed by atoms with E-state index in [0.717, 1.165) is 6.42 Å². The van der Waals surface area contributed by atoms with Gasteiger partial charge in [0.05, 0.1) is 0 Å². The molecule has 0 aliphatic heterocycles. The molecular weight excluding hydrogens is 116 g/mol. The second-order valence-corrected chi connectivity index (χ2v) is 1.90. The van der Waals surface area contributed by atoms with E-state index in [1.54, 1.807) is 7.11 Å². The first-order chi connectivity index (χ1) is 4.18. The van der Waals surface area contributed by atoms with Crippen molar-refractivity contribution in [2.45, 2.75) is 26.1 Å². The van der Waals surface area contributed by atoms with Crippen LogP contribution < -0.4 is 0 Å². The summed E-state index contributed by atoms with van der Waals surface area (Å²) in [5.74, 6) is -0.616. The largest absolute Gasteiger partial charge is 0.353 e. The van der Waals surface area contributed by atoms with Gasteiger partial charge in [-0.25, -0.2) is 0 Å². The van der Waals surface area contributed by atoms with Gasteiger partial charge in [0, 0.05) is 20.6 Å². The first-order valence-electron chi connectivity index (χ1n) is 3.23. The highest BCUT2D eigenvalue weighted by atomic mass is 16.7. The fraction of sp³-hybridized carbons (Fsp3) is 0.857. The topological polar surface area (TPSA) is 18.5 Å². The Hall–Kier alpha value is -0.0800. The molecule has 9 heavy (non-hydrogen) atoms. The maximum Gasteiger partial charge on any atom is 0.167 e. The molecule has 1 radical (unpaired) electrons. The molecule has 0 saturated carbocycles. The van der Waals surface area contributed by atoms with Crippen LogP contribution in [0.3, 0.4) is 0 Å². The molecule has 0 aromatic rings. The number of methoxy groups -OCH3 is 1. The van der Waals surface area contributed by atoms with Gasteiger partial charge < -0.3 is 9.47 Å². The van der Waals surface area contributed by atoms with Crippen molar-refractivity contribution in [2.24, 2.45) is 0 Å². The molecule has 0 rings (SSSR count). The fourth-order valence-electron chi connectivity index (χ4n) is 0.568. The van der Waals surface area contributed by atoms with E-state index in [2.05, 4.69) is 6.92 Å². The van der Waals surface area contributed by atoms with Gasteiger partial charge in [-0.1, -0.05) is 6.92 Å². The number of hydrogen-bond acceptors (Lipinski definition) is 2. The van der Waals surface area contributed by atoms with Crippen molar-refractivity contribution in [3.8, 4) is 0 Å². The molecule has 0 bridgehead atoms. The minimum atomic E-state index is -0.616. The average molecular weight is 131 g/mol. The maximum absolute atomic E-state index is 5.19. The summed E-state index contributed by atoms with van der Waals surface area (Å²) in [5, 5.41) is 0. The highest BCUT2D eigenvalue weighted by molar-refractivity contribution is 4.68. The summed E-state index contributed by atoms with van der Waals surface area (Å²) in [7, 11) is 1.60. The Morgan fingerprint density at radius 2 is 2.00 bits per heavy atom. The smallest absolute Gasteiger partial charge is 0.167 e. The van der Waals surface area contributed by atoms with Crippen LogP contribution in [0.25, 0.3) is 0 Å². The third kappa shape index (κ3) is 2.82. The van der Waals surface area contributed by atoms with Crippen LogP contribution in [0, 0.1) is 6.92 Å². The Kier molecular flexibility index (Phi) is 3.82. The molecule has 0 aromatic carbocycles. The van der Waals surface area contributed by atoms with Gasteiger partial charge in [-0.2, -0.15) is 0 Å². The van der Waals surface area contributed by atoms with Gasteiger partial charge in [0.15, 0.2) is 5.79 Å². The van der Waals surface area contributed by atoms with Crippen molar-refractivity contribution < 1.29 is 9.47 Å². The van der Waals surface area contributed by atoms with Gasteiger partial charge in [0.1, 0.15) is 0 Å². The minimum absolute atomic E-state index is 0.616. The first-order valence-corrected chi connectivity index (χ1v) is 3.23. The Morgan fingerprint density at radius 1 is 1.44 bits per heavy atom. The Morgan fingerprint density at radius 3 is 2.11 bits per heavy atom. The van der Waals surface area contributed by atoms with Crippen LogP contribution in [-0.2, 0) is 9.47 Å². The van der Waals surface area contributed by atoms with Crippen molar-refractivity contribution >= 4 is 0 Å². The quantitative estimate of drug-likeness (QED) is 0.540. The molecule has 55 valence electrons. The summed E-state index contributed by atoms with van der Waals surface area (Å²) < 4.78 is 10.2. The van der Waals surface area contributed by atoms with E-state index in [4.69, 9.17) is 9.47 Å². The lowest BCUT2D eigenvalue weighted by Gasteiger charge is -2.25. The van der Waals surface area contributed by atoms with E-state index < -0.39 is 5.79 Å². The van der Waals surface area contributed by atoms with Crippen LogP contribution in [0.2, 0.25) is 0 Å². The lowest BCUT2D eigenvalue weighted by Crippen LogP contribution is -2.30. The third-order valence-corrected chi connectivity index (χ3v) is 1.32. The molecule has 0 heterocycles. The molecule has 0 amide bonds. The SMILES string of the molecule is [CH2]C(CC)(OC)OCC. The molecule has 0 aliphatic rings. The standard InChI is InChI=1S/C7H15O2/c1-5-7(3,8-4)9-6-2/h3,5-6H2,1-2,4H3. The average Bonchev–Trinajstić information content (AvgIpc) is 1.89. The number of ether oxygens (including phenoxy) is 2. The van der Waals surface area contributed by atoms with Crippen molar-refractivity contribution in [1.82, 2.24) is 0 Å².